The van der Waals surface area contributed by atoms with Gasteiger partial charge in [-0.1, -0.05) is 13.8 Å². The van der Waals surface area contributed by atoms with Crippen LogP contribution < -0.4 is 16.8 Å². The summed E-state index contributed by atoms with van der Waals surface area (Å²) < 4.78 is 0. The Morgan fingerprint density at radius 2 is 2.18 bits per heavy atom. The first-order valence-corrected chi connectivity index (χ1v) is 3.12. The number of nitrogens with zero attached hydrogens (tertiary/aromatic N) is 1. The van der Waals surface area contributed by atoms with Crippen molar-refractivity contribution in [2.24, 2.45) is 11.8 Å². The zero-order valence-corrected chi connectivity index (χ0v) is 6.50. The predicted octanol–water partition coefficient (Wildman–Crippen LogP) is -1.49. The number of hydrogen-bond donors (Lipinski definition) is 3. The molecule has 0 bridgehead atoms. The van der Waals surface area contributed by atoms with Crippen LogP contribution in [0.4, 0.5) is 0 Å². The van der Waals surface area contributed by atoms with Crippen molar-refractivity contribution in [3.63, 3.8) is 0 Å². The van der Waals surface area contributed by atoms with Gasteiger partial charge in [0.05, 0.1) is 0 Å². The van der Waals surface area contributed by atoms with Gasteiger partial charge in [-0.25, -0.2) is 5.84 Å². The van der Waals surface area contributed by atoms with E-state index in [1.54, 1.807) is 13.8 Å². The van der Waals surface area contributed by atoms with E-state index in [-0.39, 0.29) is 11.8 Å². The van der Waals surface area contributed by atoms with Gasteiger partial charge in [0.1, 0.15) is 0 Å². The first-order valence-electron chi connectivity index (χ1n) is 3.12. The third kappa shape index (κ3) is 4.29. The van der Waals surface area contributed by atoms with E-state index in [2.05, 4.69) is 11.0 Å². The Labute approximate surface area is 64.6 Å². The Bertz CT molecular complexity index is 147. The Morgan fingerprint density at radius 3 is 2.55 bits per heavy atom. The van der Waals surface area contributed by atoms with Gasteiger partial charge in [0, 0.05) is 5.92 Å². The molecule has 0 fully saturated rings. The number of carbonyl (C=O) groups excluding carboxylic acids is 2. The van der Waals surface area contributed by atoms with Crippen molar-refractivity contribution in [3.8, 4) is 0 Å². The molecule has 6 nitrogen and oxygen atoms in total. The molecule has 0 radical (unpaired) electrons. The van der Waals surface area contributed by atoms with Crippen molar-refractivity contribution in [2.75, 3.05) is 0 Å². The zero-order valence-electron chi connectivity index (χ0n) is 6.50. The van der Waals surface area contributed by atoms with Crippen molar-refractivity contribution in [3.05, 3.63) is 0 Å². The number of nitrogens with two attached hydrogens (primary N) is 1. The van der Waals surface area contributed by atoms with Crippen molar-refractivity contribution >= 4 is 12.3 Å². The van der Waals surface area contributed by atoms with Crippen molar-refractivity contribution in [1.82, 2.24) is 16.1 Å². The summed E-state index contributed by atoms with van der Waals surface area (Å²) in [7, 11) is 0. The van der Waals surface area contributed by atoms with Crippen LogP contribution in [-0.4, -0.2) is 17.4 Å². The lowest BCUT2D eigenvalue weighted by Crippen LogP contribution is -2.53. The predicted molar refractivity (Wildman–Crippen MR) is 38.2 cm³/mol. The molecule has 0 rings (SSSR count). The maximum Gasteiger partial charge on any atom is 0.240 e. The number of hydrazine groups is 3. The summed E-state index contributed by atoms with van der Waals surface area (Å²) in [6, 6.07) is 0. The molecule has 0 aliphatic carbocycles. The second-order valence-corrected chi connectivity index (χ2v) is 2.27. The average molecular weight is 160 g/mol. The van der Waals surface area contributed by atoms with Crippen LogP contribution in [0.2, 0.25) is 0 Å². The highest BCUT2D eigenvalue weighted by molar-refractivity contribution is 5.77. The fourth-order valence-corrected chi connectivity index (χ4v) is 0.290. The zero-order chi connectivity index (χ0) is 8.85. The van der Waals surface area contributed by atoms with Gasteiger partial charge >= 0.3 is 0 Å². The van der Waals surface area contributed by atoms with Gasteiger partial charge in [0.25, 0.3) is 0 Å². The summed E-state index contributed by atoms with van der Waals surface area (Å²) in [5.74, 6) is 4.58. The maximum atomic E-state index is 10.8. The highest BCUT2D eigenvalue weighted by Crippen LogP contribution is 1.87. The van der Waals surface area contributed by atoms with Crippen molar-refractivity contribution in [1.29, 1.82) is 0 Å². The van der Waals surface area contributed by atoms with Gasteiger partial charge in [0.2, 0.25) is 12.3 Å². The van der Waals surface area contributed by atoms with E-state index in [4.69, 9.17) is 5.84 Å². The number of carbonyl (C=O) groups is 2. The maximum absolute atomic E-state index is 10.8. The van der Waals surface area contributed by atoms with E-state index in [1.807, 2.05) is 0 Å². The Balaban J connectivity index is 3.54. The molecule has 0 aromatic rings. The molecule has 2 amide bonds. The molecule has 4 N–H and O–H groups in total. The number of hydrogen-bond acceptors (Lipinski definition) is 4. The molecule has 0 saturated carbocycles. The van der Waals surface area contributed by atoms with Gasteiger partial charge in [-0.05, 0) is 0 Å². The molecule has 0 unspecified atom stereocenters. The highest BCUT2D eigenvalue weighted by atomic mass is 16.2. The summed E-state index contributed by atoms with van der Waals surface area (Å²) in [5.41, 5.74) is 4.37. The van der Waals surface area contributed by atoms with E-state index in [0.717, 1.165) is 0 Å². The molecular weight excluding hydrogens is 148 g/mol. The van der Waals surface area contributed by atoms with Crippen LogP contribution in [0.3, 0.4) is 0 Å². The van der Waals surface area contributed by atoms with Gasteiger partial charge in [-0.3, -0.25) is 15.0 Å². The second kappa shape index (κ2) is 4.64. The van der Waals surface area contributed by atoms with E-state index >= 15 is 0 Å². The Hall–Kier alpha value is -1.14. The third-order valence-corrected chi connectivity index (χ3v) is 0.946. The van der Waals surface area contributed by atoms with Crippen LogP contribution in [0.25, 0.3) is 0 Å². The third-order valence-electron chi connectivity index (χ3n) is 0.946. The molecule has 64 valence electrons. The van der Waals surface area contributed by atoms with Crippen LogP contribution in [-0.2, 0) is 9.59 Å². The normalized spacial score (nSPS) is 9.45. The van der Waals surface area contributed by atoms with Crippen LogP contribution >= 0.6 is 0 Å². The quantitative estimate of drug-likeness (QED) is 0.202. The first kappa shape index (κ1) is 9.86. The van der Waals surface area contributed by atoms with E-state index in [0.29, 0.717) is 11.5 Å². The van der Waals surface area contributed by atoms with Gasteiger partial charge in [0.15, 0.2) is 0 Å². The molecule has 6 heteroatoms. The average Bonchev–Trinajstić information content (AvgIpc) is 1.99. The number of amides is 2. The Morgan fingerprint density at radius 1 is 1.64 bits per heavy atom. The molecule has 0 saturated heterocycles. The molecule has 0 aromatic heterocycles. The minimum absolute atomic E-state index is 0.150. The van der Waals surface area contributed by atoms with Crippen molar-refractivity contribution in [2.45, 2.75) is 13.8 Å². The van der Waals surface area contributed by atoms with Crippen molar-refractivity contribution < 1.29 is 9.59 Å². The second-order valence-electron chi connectivity index (χ2n) is 2.27. The molecule has 0 atom stereocenters. The summed E-state index contributed by atoms with van der Waals surface area (Å²) in [5, 5.41) is 0.611. The topological polar surface area (TPSA) is 87.5 Å². The number of rotatable bonds is 4. The monoisotopic (exact) mass is 160 g/mol. The highest BCUT2D eigenvalue weighted by Gasteiger charge is 2.05. The molecule has 11 heavy (non-hydrogen) atoms. The lowest BCUT2D eigenvalue weighted by Gasteiger charge is -2.13. The van der Waals surface area contributed by atoms with E-state index in [1.165, 1.54) is 0 Å². The summed E-state index contributed by atoms with van der Waals surface area (Å²) in [4.78, 5) is 20.7. The molecule has 0 aromatic carbocycles. The molecular formula is C5H12N4O2. The fourth-order valence-electron chi connectivity index (χ4n) is 0.290. The Kier molecular flexibility index (Phi) is 4.16. The molecule has 0 spiro atoms. The van der Waals surface area contributed by atoms with Gasteiger partial charge < -0.3 is 0 Å². The SMILES string of the molecule is CC(C)C(=O)NNN(N)C=O. The van der Waals surface area contributed by atoms with Gasteiger partial charge in [-0.2, -0.15) is 5.12 Å². The smallest absolute Gasteiger partial charge is 0.240 e. The van der Waals surface area contributed by atoms with E-state index < -0.39 is 0 Å². The largest absolute Gasteiger partial charge is 0.276 e. The van der Waals surface area contributed by atoms with Crippen LogP contribution in [0.5, 0.6) is 0 Å². The van der Waals surface area contributed by atoms with E-state index in [9.17, 15) is 9.59 Å². The molecule has 0 aliphatic rings. The lowest BCUT2D eigenvalue weighted by atomic mass is 10.2. The van der Waals surface area contributed by atoms with Crippen LogP contribution in [0.1, 0.15) is 13.8 Å². The lowest BCUT2D eigenvalue weighted by molar-refractivity contribution is -0.130. The summed E-state index contributed by atoms with van der Waals surface area (Å²) in [6.45, 7) is 3.44. The minimum atomic E-state index is -0.234. The van der Waals surface area contributed by atoms with Crippen LogP contribution in [0, 0.1) is 5.92 Å². The fraction of sp³-hybridized carbons (Fsp3) is 0.600. The molecule has 0 aliphatic heterocycles. The summed E-state index contributed by atoms with van der Waals surface area (Å²) in [6.07, 6.45) is 0.334. The first-order chi connectivity index (χ1) is 5.07. The van der Waals surface area contributed by atoms with Crippen LogP contribution in [0.15, 0.2) is 0 Å². The standard InChI is InChI=1S/C5H12N4O2/c1-4(2)5(11)7-8-9(6)3-10/h3-4,8H,6H2,1-2H3,(H,7,11). The minimum Gasteiger partial charge on any atom is -0.276 e. The van der Waals surface area contributed by atoms with Gasteiger partial charge in [-0.15, -0.1) is 5.53 Å². The summed E-state index contributed by atoms with van der Waals surface area (Å²) >= 11 is 0. The number of nitrogens with one attached hydrogen (secondary N) is 2. The molecule has 0 heterocycles.